The SMILES string of the molecule is O=C(O)c1cccc(-c2ncno2)c1. The number of aromatic carboxylic acids is 1. The van der Waals surface area contributed by atoms with Gasteiger partial charge in [0.2, 0.25) is 0 Å². The Morgan fingerprint density at radius 2 is 2.29 bits per heavy atom. The van der Waals surface area contributed by atoms with Gasteiger partial charge in [0.15, 0.2) is 6.33 Å². The minimum absolute atomic E-state index is 0.195. The first-order valence-electron chi connectivity index (χ1n) is 3.88. The number of rotatable bonds is 2. The Labute approximate surface area is 79.0 Å². The largest absolute Gasteiger partial charge is 0.478 e. The Kier molecular flexibility index (Phi) is 1.98. The fraction of sp³-hybridized carbons (Fsp3) is 0. The van der Waals surface area contributed by atoms with Crippen LogP contribution in [0.5, 0.6) is 0 Å². The van der Waals surface area contributed by atoms with Crippen LogP contribution in [0.4, 0.5) is 0 Å². The zero-order chi connectivity index (χ0) is 9.97. The molecule has 0 amide bonds. The summed E-state index contributed by atoms with van der Waals surface area (Å²) in [5.74, 6) is -0.667. The van der Waals surface area contributed by atoms with E-state index in [4.69, 9.17) is 9.63 Å². The highest BCUT2D eigenvalue weighted by Crippen LogP contribution is 2.16. The van der Waals surface area contributed by atoms with Crippen molar-refractivity contribution in [3.8, 4) is 11.5 Å². The average Bonchev–Trinajstić information content (AvgIpc) is 2.71. The van der Waals surface area contributed by atoms with Crippen molar-refractivity contribution < 1.29 is 14.4 Å². The Hall–Kier alpha value is -2.17. The molecule has 5 nitrogen and oxygen atoms in total. The van der Waals surface area contributed by atoms with Gasteiger partial charge in [-0.15, -0.1) is 0 Å². The minimum atomic E-state index is -0.980. The van der Waals surface area contributed by atoms with Crippen LogP contribution in [0.25, 0.3) is 11.5 Å². The Bertz CT molecular complexity index is 451. The van der Waals surface area contributed by atoms with Crippen LogP contribution >= 0.6 is 0 Å². The molecule has 1 N–H and O–H groups in total. The summed E-state index contributed by atoms with van der Waals surface area (Å²) in [5.41, 5.74) is 0.795. The van der Waals surface area contributed by atoms with E-state index in [0.29, 0.717) is 11.5 Å². The molecule has 0 unspecified atom stereocenters. The first kappa shape index (κ1) is 8.43. The summed E-state index contributed by atoms with van der Waals surface area (Å²) >= 11 is 0. The lowest BCUT2D eigenvalue weighted by molar-refractivity contribution is 0.0697. The summed E-state index contributed by atoms with van der Waals surface area (Å²) in [6.07, 6.45) is 1.27. The van der Waals surface area contributed by atoms with Gasteiger partial charge in [0.25, 0.3) is 5.89 Å². The zero-order valence-electron chi connectivity index (χ0n) is 7.04. The van der Waals surface area contributed by atoms with E-state index in [-0.39, 0.29) is 5.56 Å². The van der Waals surface area contributed by atoms with E-state index in [0.717, 1.165) is 0 Å². The van der Waals surface area contributed by atoms with E-state index < -0.39 is 5.97 Å². The molecule has 2 aromatic rings. The number of benzene rings is 1. The van der Waals surface area contributed by atoms with Crippen LogP contribution in [0.15, 0.2) is 35.1 Å². The number of carbonyl (C=O) groups is 1. The molecule has 1 aromatic heterocycles. The Balaban J connectivity index is 2.46. The predicted octanol–water partition coefficient (Wildman–Crippen LogP) is 1.43. The maximum Gasteiger partial charge on any atom is 0.335 e. The van der Waals surface area contributed by atoms with E-state index in [1.54, 1.807) is 12.1 Å². The van der Waals surface area contributed by atoms with Crippen LogP contribution < -0.4 is 0 Å². The van der Waals surface area contributed by atoms with E-state index >= 15 is 0 Å². The van der Waals surface area contributed by atoms with E-state index in [1.807, 2.05) is 0 Å². The summed E-state index contributed by atoms with van der Waals surface area (Å²) in [6.45, 7) is 0. The van der Waals surface area contributed by atoms with Crippen molar-refractivity contribution in [3.63, 3.8) is 0 Å². The van der Waals surface area contributed by atoms with Gasteiger partial charge in [0.1, 0.15) is 0 Å². The van der Waals surface area contributed by atoms with Crippen LogP contribution in [0.1, 0.15) is 10.4 Å². The summed E-state index contributed by atoms with van der Waals surface area (Å²) < 4.78 is 4.80. The molecule has 1 heterocycles. The number of carboxylic acid groups (broad SMARTS) is 1. The van der Waals surface area contributed by atoms with Crippen molar-refractivity contribution in [2.75, 3.05) is 0 Å². The highest BCUT2D eigenvalue weighted by molar-refractivity contribution is 5.88. The monoisotopic (exact) mass is 190 g/mol. The summed E-state index contributed by atoms with van der Waals surface area (Å²) in [7, 11) is 0. The van der Waals surface area contributed by atoms with Crippen LogP contribution in [0, 0.1) is 0 Å². The van der Waals surface area contributed by atoms with Gasteiger partial charge in [-0.2, -0.15) is 4.98 Å². The highest BCUT2D eigenvalue weighted by Gasteiger charge is 2.07. The molecule has 0 atom stereocenters. The highest BCUT2D eigenvalue weighted by atomic mass is 16.5. The van der Waals surface area contributed by atoms with E-state index in [2.05, 4.69) is 10.1 Å². The molecular formula is C9H6N2O3. The number of aromatic nitrogens is 2. The van der Waals surface area contributed by atoms with Gasteiger partial charge >= 0.3 is 5.97 Å². The Morgan fingerprint density at radius 1 is 1.43 bits per heavy atom. The quantitative estimate of drug-likeness (QED) is 0.775. The molecule has 2 rings (SSSR count). The first-order chi connectivity index (χ1) is 6.77. The number of hydrogen-bond acceptors (Lipinski definition) is 4. The molecule has 70 valence electrons. The molecular weight excluding hydrogens is 184 g/mol. The molecule has 0 aliphatic heterocycles. The van der Waals surface area contributed by atoms with Gasteiger partial charge in [-0.05, 0) is 18.2 Å². The topological polar surface area (TPSA) is 76.2 Å². The second-order valence-electron chi connectivity index (χ2n) is 2.63. The lowest BCUT2D eigenvalue weighted by Crippen LogP contribution is -1.95. The van der Waals surface area contributed by atoms with Gasteiger partial charge in [-0.25, -0.2) is 4.79 Å². The van der Waals surface area contributed by atoms with Crippen molar-refractivity contribution in [2.45, 2.75) is 0 Å². The summed E-state index contributed by atoms with van der Waals surface area (Å²) in [5, 5.41) is 12.2. The third-order valence-electron chi connectivity index (χ3n) is 1.72. The molecule has 0 saturated carbocycles. The van der Waals surface area contributed by atoms with Crippen molar-refractivity contribution in [1.82, 2.24) is 10.1 Å². The third-order valence-corrected chi connectivity index (χ3v) is 1.72. The number of nitrogens with zero attached hydrogens (tertiary/aromatic N) is 2. The lowest BCUT2D eigenvalue weighted by Gasteiger charge is -1.96. The smallest absolute Gasteiger partial charge is 0.335 e. The normalized spacial score (nSPS) is 10.0. The fourth-order valence-corrected chi connectivity index (χ4v) is 1.09. The second-order valence-corrected chi connectivity index (χ2v) is 2.63. The zero-order valence-corrected chi connectivity index (χ0v) is 7.04. The van der Waals surface area contributed by atoms with Gasteiger partial charge < -0.3 is 9.63 Å². The fourth-order valence-electron chi connectivity index (χ4n) is 1.09. The second kappa shape index (κ2) is 3.29. The lowest BCUT2D eigenvalue weighted by atomic mass is 10.1. The summed E-state index contributed by atoms with van der Waals surface area (Å²) in [4.78, 5) is 14.5. The molecule has 0 aliphatic rings. The molecule has 1 aromatic carbocycles. The summed E-state index contributed by atoms with van der Waals surface area (Å²) in [6, 6.07) is 6.32. The van der Waals surface area contributed by atoms with E-state index in [9.17, 15) is 4.79 Å². The third kappa shape index (κ3) is 1.47. The van der Waals surface area contributed by atoms with E-state index in [1.165, 1.54) is 18.5 Å². The van der Waals surface area contributed by atoms with Crippen LogP contribution in [0.2, 0.25) is 0 Å². The molecule has 0 aliphatic carbocycles. The Morgan fingerprint density at radius 3 is 2.93 bits per heavy atom. The van der Waals surface area contributed by atoms with Crippen LogP contribution in [-0.4, -0.2) is 21.2 Å². The van der Waals surface area contributed by atoms with Gasteiger partial charge in [-0.3, -0.25) is 0 Å². The van der Waals surface area contributed by atoms with Crippen molar-refractivity contribution >= 4 is 5.97 Å². The average molecular weight is 190 g/mol. The molecule has 0 spiro atoms. The van der Waals surface area contributed by atoms with Crippen molar-refractivity contribution in [1.29, 1.82) is 0 Å². The minimum Gasteiger partial charge on any atom is -0.478 e. The maximum absolute atomic E-state index is 10.7. The van der Waals surface area contributed by atoms with Crippen LogP contribution in [-0.2, 0) is 0 Å². The molecule has 0 bridgehead atoms. The molecule has 0 radical (unpaired) electrons. The molecule has 5 heteroatoms. The maximum atomic E-state index is 10.7. The molecule has 0 saturated heterocycles. The number of hydrogen-bond donors (Lipinski definition) is 1. The first-order valence-corrected chi connectivity index (χ1v) is 3.88. The van der Waals surface area contributed by atoms with Gasteiger partial charge in [-0.1, -0.05) is 11.2 Å². The standard InChI is InChI=1S/C9H6N2O3/c12-9(13)7-3-1-2-6(4-7)8-10-5-11-14-8/h1-5H,(H,12,13). The molecule has 0 fully saturated rings. The van der Waals surface area contributed by atoms with Gasteiger partial charge in [0.05, 0.1) is 5.56 Å². The number of carboxylic acids is 1. The van der Waals surface area contributed by atoms with Crippen molar-refractivity contribution in [2.24, 2.45) is 0 Å². The predicted molar refractivity (Wildman–Crippen MR) is 46.7 cm³/mol. The van der Waals surface area contributed by atoms with Crippen molar-refractivity contribution in [3.05, 3.63) is 36.2 Å². The van der Waals surface area contributed by atoms with Gasteiger partial charge in [0, 0.05) is 5.56 Å². The van der Waals surface area contributed by atoms with Crippen LogP contribution in [0.3, 0.4) is 0 Å². The molecule has 14 heavy (non-hydrogen) atoms.